The van der Waals surface area contributed by atoms with E-state index < -0.39 is 0 Å². The zero-order valence-electron chi connectivity index (χ0n) is 14.6. The lowest BCUT2D eigenvalue weighted by Gasteiger charge is -2.33. The van der Waals surface area contributed by atoms with Gasteiger partial charge in [0, 0.05) is 37.1 Å². The third-order valence-corrected chi connectivity index (χ3v) is 5.32. The average Bonchev–Trinajstić information content (AvgIpc) is 3.09. The minimum atomic E-state index is -0.0461. The summed E-state index contributed by atoms with van der Waals surface area (Å²) < 4.78 is 1.82. The van der Waals surface area contributed by atoms with Gasteiger partial charge in [-0.1, -0.05) is 48.5 Å². The number of rotatable bonds is 2. The zero-order chi connectivity index (χ0) is 18.6. The van der Waals surface area contributed by atoms with Gasteiger partial charge in [-0.15, -0.1) is 0 Å². The van der Waals surface area contributed by atoms with E-state index in [1.54, 1.807) is 0 Å². The molecule has 2 aromatic rings. The molecule has 2 aliphatic heterocycles. The third-order valence-electron chi connectivity index (χ3n) is 4.74. The second-order valence-electron chi connectivity index (χ2n) is 6.48. The van der Waals surface area contributed by atoms with Crippen LogP contribution in [0, 0.1) is 0 Å². The fourth-order valence-corrected chi connectivity index (χ4v) is 3.82. The maximum absolute atomic E-state index is 6.39. The Labute approximate surface area is 162 Å². The molecule has 0 spiro atoms. The highest BCUT2D eigenvalue weighted by Crippen LogP contribution is 2.47. The minimum Gasteiger partial charge on any atom is -0.348 e. The number of halogens is 2. The van der Waals surface area contributed by atoms with Crippen LogP contribution in [0.3, 0.4) is 0 Å². The summed E-state index contributed by atoms with van der Waals surface area (Å²) in [5.41, 5.74) is 5.66. The van der Waals surface area contributed by atoms with Crippen LogP contribution in [0.25, 0.3) is 5.70 Å². The Kier molecular flexibility index (Phi) is 3.98. The molecule has 0 N–H and O–H groups in total. The molecular weight excluding hydrogens is 367 g/mol. The zero-order valence-corrected chi connectivity index (χ0v) is 16.1. The van der Waals surface area contributed by atoms with E-state index in [0.717, 1.165) is 33.9 Å². The number of nitrogens with zero attached hydrogens (tertiary/aromatic N) is 4. The van der Waals surface area contributed by atoms with Crippen LogP contribution in [0.2, 0.25) is 5.02 Å². The van der Waals surface area contributed by atoms with Crippen molar-refractivity contribution >= 4 is 28.9 Å². The summed E-state index contributed by atoms with van der Waals surface area (Å²) in [4.78, 5) is 4.08. The number of fused-ring (bicyclic) bond motifs is 1. The average molecular weight is 385 g/mol. The van der Waals surface area contributed by atoms with E-state index in [1.165, 1.54) is 0 Å². The van der Waals surface area contributed by atoms with E-state index in [4.69, 9.17) is 23.2 Å². The number of hydrogen-bond donors (Lipinski definition) is 0. The molecular formula is C20H18Cl2N4. The van der Waals surface area contributed by atoms with Gasteiger partial charge in [-0.3, -0.25) is 4.68 Å². The maximum atomic E-state index is 6.39. The first-order chi connectivity index (χ1) is 12.4. The van der Waals surface area contributed by atoms with Crippen LogP contribution in [0.1, 0.15) is 22.9 Å². The van der Waals surface area contributed by atoms with Crippen molar-refractivity contribution in [3.63, 3.8) is 0 Å². The molecule has 1 aromatic carbocycles. The highest BCUT2D eigenvalue weighted by atomic mass is 35.5. The molecule has 0 saturated heterocycles. The van der Waals surface area contributed by atoms with Gasteiger partial charge in [-0.05, 0) is 23.8 Å². The van der Waals surface area contributed by atoms with Gasteiger partial charge < -0.3 is 9.80 Å². The van der Waals surface area contributed by atoms with Gasteiger partial charge in [0.05, 0.1) is 28.2 Å². The number of allylic oxidation sites excluding steroid dienone is 2. The van der Waals surface area contributed by atoms with E-state index in [9.17, 15) is 0 Å². The molecule has 0 amide bonds. The summed E-state index contributed by atoms with van der Waals surface area (Å²) in [5, 5.41) is 5.92. The molecule has 0 bridgehead atoms. The summed E-state index contributed by atoms with van der Waals surface area (Å²) in [6, 6.07) is 7.82. The Morgan fingerprint density at radius 1 is 1.04 bits per heavy atom. The standard InChI is InChI=1S/C20H18Cl2N4/c1-12-18(22)9-16(10-24(12)3)26-13(2)19-17(11-25(4)23-19)20(26)14-5-7-15(21)8-6-14/h5-11,20H,1-2H2,3-4H3/t20-/m1/s1. The van der Waals surface area contributed by atoms with E-state index in [2.05, 4.69) is 23.2 Å². The lowest BCUT2D eigenvalue weighted by atomic mass is 10.0. The Balaban J connectivity index is 1.86. The number of aryl methyl sites for hydroxylation is 1. The van der Waals surface area contributed by atoms with Crippen molar-refractivity contribution in [2.75, 3.05) is 7.05 Å². The highest BCUT2D eigenvalue weighted by molar-refractivity contribution is 6.32. The van der Waals surface area contributed by atoms with Crippen LogP contribution < -0.4 is 0 Å². The molecule has 0 fully saturated rings. The number of hydrogen-bond acceptors (Lipinski definition) is 3. The Bertz CT molecular complexity index is 982. The van der Waals surface area contributed by atoms with Gasteiger partial charge in [0.2, 0.25) is 0 Å². The van der Waals surface area contributed by atoms with E-state index >= 15 is 0 Å². The minimum absolute atomic E-state index is 0.0461. The lowest BCUT2D eigenvalue weighted by molar-refractivity contribution is 0.427. The molecule has 0 saturated carbocycles. The molecule has 132 valence electrons. The van der Waals surface area contributed by atoms with Gasteiger partial charge in [0.1, 0.15) is 5.69 Å². The van der Waals surface area contributed by atoms with Crippen LogP contribution in [-0.2, 0) is 7.05 Å². The first-order valence-corrected chi connectivity index (χ1v) is 8.91. The van der Waals surface area contributed by atoms with E-state index in [1.807, 2.05) is 66.4 Å². The quantitative estimate of drug-likeness (QED) is 0.737. The lowest BCUT2D eigenvalue weighted by Crippen LogP contribution is -2.26. The molecule has 1 atom stereocenters. The molecule has 0 aliphatic carbocycles. The van der Waals surface area contributed by atoms with Gasteiger partial charge in [-0.2, -0.15) is 5.10 Å². The number of aromatic nitrogens is 2. The molecule has 26 heavy (non-hydrogen) atoms. The second-order valence-corrected chi connectivity index (χ2v) is 7.32. The van der Waals surface area contributed by atoms with Crippen LogP contribution in [0.5, 0.6) is 0 Å². The number of likely N-dealkylation sites (N-methyl/N-ethyl adjacent to an activating group) is 1. The molecule has 3 heterocycles. The normalized spacial score (nSPS) is 19.6. The van der Waals surface area contributed by atoms with Crippen molar-refractivity contribution in [2.24, 2.45) is 7.05 Å². The van der Waals surface area contributed by atoms with Gasteiger partial charge in [-0.25, -0.2) is 0 Å². The van der Waals surface area contributed by atoms with Gasteiger partial charge in [0.15, 0.2) is 0 Å². The smallest absolute Gasteiger partial charge is 0.114 e. The van der Waals surface area contributed by atoms with Crippen molar-refractivity contribution in [2.45, 2.75) is 6.04 Å². The largest absolute Gasteiger partial charge is 0.348 e. The Morgan fingerprint density at radius 2 is 1.73 bits per heavy atom. The fourth-order valence-electron chi connectivity index (χ4n) is 3.45. The third kappa shape index (κ3) is 2.57. The molecule has 4 rings (SSSR count). The van der Waals surface area contributed by atoms with Crippen molar-refractivity contribution in [1.29, 1.82) is 0 Å². The molecule has 6 heteroatoms. The summed E-state index contributed by atoms with van der Waals surface area (Å²) in [6.45, 7) is 8.29. The van der Waals surface area contributed by atoms with Crippen LogP contribution in [-0.4, -0.2) is 26.6 Å². The topological polar surface area (TPSA) is 24.3 Å². The predicted octanol–water partition coefficient (Wildman–Crippen LogP) is 4.87. The van der Waals surface area contributed by atoms with Crippen LogP contribution in [0.15, 0.2) is 72.3 Å². The molecule has 0 radical (unpaired) electrons. The summed E-state index contributed by atoms with van der Waals surface area (Å²) in [7, 11) is 3.85. The summed E-state index contributed by atoms with van der Waals surface area (Å²) in [6.07, 6.45) is 5.97. The van der Waals surface area contributed by atoms with Crippen LogP contribution >= 0.6 is 23.2 Å². The highest BCUT2D eigenvalue weighted by Gasteiger charge is 2.38. The first-order valence-electron chi connectivity index (χ1n) is 8.15. The van der Waals surface area contributed by atoms with Crippen molar-refractivity contribution in [3.05, 3.63) is 94.2 Å². The van der Waals surface area contributed by atoms with Gasteiger partial charge in [0.25, 0.3) is 0 Å². The first kappa shape index (κ1) is 17.0. The molecule has 1 aromatic heterocycles. The maximum Gasteiger partial charge on any atom is 0.114 e. The van der Waals surface area contributed by atoms with Crippen molar-refractivity contribution in [1.82, 2.24) is 19.6 Å². The summed E-state index contributed by atoms with van der Waals surface area (Å²) >= 11 is 12.5. The van der Waals surface area contributed by atoms with Crippen molar-refractivity contribution < 1.29 is 0 Å². The van der Waals surface area contributed by atoms with E-state index in [0.29, 0.717) is 10.1 Å². The fraction of sp³-hybridized carbons (Fsp3) is 0.150. The van der Waals surface area contributed by atoms with E-state index in [-0.39, 0.29) is 6.04 Å². The molecule has 0 unspecified atom stereocenters. The SMILES string of the molecule is C=C1C(Cl)=CC(N2C(=C)c3nn(C)cc3[C@H]2c2ccc(Cl)cc2)=CN1C. The van der Waals surface area contributed by atoms with Crippen molar-refractivity contribution in [3.8, 4) is 0 Å². The monoisotopic (exact) mass is 384 g/mol. The Hall–Kier alpha value is -2.43. The summed E-state index contributed by atoms with van der Waals surface area (Å²) in [5.74, 6) is 0. The number of benzene rings is 1. The van der Waals surface area contributed by atoms with Crippen LogP contribution in [0.4, 0.5) is 0 Å². The Morgan fingerprint density at radius 3 is 2.38 bits per heavy atom. The van der Waals surface area contributed by atoms with Gasteiger partial charge >= 0.3 is 0 Å². The second kappa shape index (κ2) is 6.08. The predicted molar refractivity (Wildman–Crippen MR) is 106 cm³/mol. The molecule has 2 aliphatic rings. The molecule has 4 nitrogen and oxygen atoms in total.